The molecule has 202 valence electrons. The molecule has 2 unspecified atom stereocenters. The normalized spacial score (nSPS) is 22.5. The van der Waals surface area contributed by atoms with Gasteiger partial charge in [-0.25, -0.2) is 0 Å². The summed E-state index contributed by atoms with van der Waals surface area (Å²) in [6, 6.07) is 0. The van der Waals surface area contributed by atoms with Crippen LogP contribution in [0.5, 0.6) is 0 Å². The number of aromatic amines is 3. The first-order chi connectivity index (χ1) is 18.0. The Morgan fingerprint density at radius 3 is 1.66 bits per heavy atom. The van der Waals surface area contributed by atoms with E-state index in [0.717, 1.165) is 58.3 Å². The molecule has 1 saturated heterocycles. The second-order valence-corrected chi connectivity index (χ2v) is 11.0. The van der Waals surface area contributed by atoms with Gasteiger partial charge >= 0.3 is 0 Å². The molecular weight excluding hydrogens is 472 g/mol. The molecule has 38 heavy (non-hydrogen) atoms. The first-order valence-corrected chi connectivity index (χ1v) is 14.0. The molecule has 8 bridgehead atoms. The van der Waals surface area contributed by atoms with Crippen LogP contribution in [0.2, 0.25) is 0 Å². The van der Waals surface area contributed by atoms with Crippen LogP contribution in [0.15, 0.2) is 11.4 Å². The van der Waals surface area contributed by atoms with Crippen molar-refractivity contribution in [2.24, 2.45) is 0 Å². The van der Waals surface area contributed by atoms with E-state index >= 15 is 0 Å². The molecule has 2 atom stereocenters. The highest BCUT2D eigenvalue weighted by atomic mass is 16.4. The summed E-state index contributed by atoms with van der Waals surface area (Å²) >= 11 is 0. The average molecular weight is 515 g/mol. The van der Waals surface area contributed by atoms with Gasteiger partial charge < -0.3 is 30.5 Å². The zero-order valence-corrected chi connectivity index (χ0v) is 24.0. The van der Waals surface area contributed by atoms with Gasteiger partial charge in [-0.15, -0.1) is 0 Å². The lowest BCUT2D eigenvalue weighted by Crippen LogP contribution is -2.49. The number of fused-ring (bicyclic) bond motifs is 8. The predicted octanol–water partition coefficient (Wildman–Crippen LogP) is 4.13. The van der Waals surface area contributed by atoms with Crippen molar-refractivity contribution in [1.29, 1.82) is 0 Å². The Balaban J connectivity index is 1.92. The average Bonchev–Trinajstić information content (AvgIpc) is 3.51. The van der Waals surface area contributed by atoms with Gasteiger partial charge in [0.15, 0.2) is 0 Å². The summed E-state index contributed by atoms with van der Waals surface area (Å²) in [5, 5.41) is 29.3. The second kappa shape index (κ2) is 9.21. The van der Waals surface area contributed by atoms with Crippen molar-refractivity contribution in [2.75, 3.05) is 0 Å². The molecule has 2 aliphatic rings. The number of nitrogens with one attached hydrogen (secondary N) is 4. The molecule has 0 aliphatic carbocycles. The van der Waals surface area contributed by atoms with E-state index in [9.17, 15) is 10.2 Å². The third kappa shape index (κ3) is 3.69. The molecule has 6 heteroatoms. The molecule has 5 heterocycles. The molecule has 6 nitrogen and oxygen atoms in total. The van der Waals surface area contributed by atoms with Crippen molar-refractivity contribution in [3.05, 3.63) is 78.2 Å². The predicted molar refractivity (Wildman–Crippen MR) is 156 cm³/mol. The van der Waals surface area contributed by atoms with Gasteiger partial charge in [-0.1, -0.05) is 27.7 Å². The quantitative estimate of drug-likeness (QED) is 0.316. The Hall–Kier alpha value is -3.22. The molecule has 0 aromatic carbocycles. The van der Waals surface area contributed by atoms with Gasteiger partial charge in [0.05, 0.1) is 11.4 Å². The summed E-state index contributed by atoms with van der Waals surface area (Å²) in [5.41, 5.74) is 9.61. The minimum Gasteiger partial charge on any atom is -0.380 e. The molecule has 3 aromatic heterocycles. The molecular formula is C32H42N4O2. The third-order valence-electron chi connectivity index (χ3n) is 9.13. The number of aromatic nitrogens is 3. The number of hydrogen-bond acceptors (Lipinski definition) is 3. The topological polar surface area (TPSA) is 99.9 Å². The molecule has 3 aromatic rings. The van der Waals surface area contributed by atoms with Gasteiger partial charge in [-0.2, -0.15) is 0 Å². The first kappa shape index (κ1) is 26.4. The molecule has 0 saturated carbocycles. The van der Waals surface area contributed by atoms with Crippen LogP contribution in [0.4, 0.5) is 0 Å². The second-order valence-electron chi connectivity index (χ2n) is 11.0. The summed E-state index contributed by atoms with van der Waals surface area (Å²) in [6.45, 7) is 16.6. The standard InChI is InChI=1S/C32H42N4O2/c1-9-20-17(5)23-13-27-21(10-2)19(7)25(35-27)15-30-32(38,12-4)31(8,37)29(36-30)16-28-22(11-3)18(6)24(34-28)14-26(20)33-23/h13-16,33-38H,9-12H2,1-8H3. The van der Waals surface area contributed by atoms with Gasteiger partial charge in [-0.05, 0) is 111 Å². The lowest BCUT2D eigenvalue weighted by molar-refractivity contribution is -0.0813. The maximum atomic E-state index is 11.9. The molecule has 5 rings (SSSR count). The largest absolute Gasteiger partial charge is 0.380 e. The van der Waals surface area contributed by atoms with Crippen molar-refractivity contribution < 1.29 is 10.2 Å². The SMILES string of the molecule is CCc1c2[nH]c(c1C)C=c1[nH]c(c(C)c1CC)=Cc1[nH]c(c(C)c1CC)C=C1NC(=C2)C(C)(O)C1(O)CC. The van der Waals surface area contributed by atoms with E-state index in [1.54, 1.807) is 6.92 Å². The fourth-order valence-corrected chi connectivity index (χ4v) is 6.51. The third-order valence-corrected chi connectivity index (χ3v) is 9.13. The minimum absolute atomic E-state index is 0.364. The molecule has 0 amide bonds. The smallest absolute Gasteiger partial charge is 0.138 e. The molecule has 2 aliphatic heterocycles. The van der Waals surface area contributed by atoms with E-state index in [1.807, 2.05) is 19.1 Å². The van der Waals surface area contributed by atoms with E-state index in [1.165, 1.54) is 27.8 Å². The van der Waals surface area contributed by atoms with Crippen molar-refractivity contribution in [3.8, 4) is 0 Å². The molecule has 6 N–H and O–H groups in total. The molecule has 0 spiro atoms. The number of H-pyrrole nitrogens is 3. The Bertz CT molecular complexity index is 1610. The molecule has 0 radical (unpaired) electrons. The van der Waals surface area contributed by atoms with Crippen LogP contribution < -0.4 is 16.0 Å². The van der Waals surface area contributed by atoms with Crippen LogP contribution in [0.1, 0.15) is 97.2 Å². The highest BCUT2D eigenvalue weighted by Gasteiger charge is 2.55. The Labute approximate surface area is 225 Å². The monoisotopic (exact) mass is 514 g/mol. The zero-order valence-electron chi connectivity index (χ0n) is 24.0. The van der Waals surface area contributed by atoms with Crippen LogP contribution in [0, 0.1) is 20.8 Å². The van der Waals surface area contributed by atoms with Gasteiger partial charge in [-0.3, -0.25) is 0 Å². The van der Waals surface area contributed by atoms with Crippen molar-refractivity contribution in [3.63, 3.8) is 0 Å². The highest BCUT2D eigenvalue weighted by molar-refractivity contribution is 5.70. The first-order valence-electron chi connectivity index (χ1n) is 14.0. The number of rotatable bonds is 4. The van der Waals surface area contributed by atoms with E-state index in [2.05, 4.69) is 74.0 Å². The van der Waals surface area contributed by atoms with Gasteiger partial charge in [0.2, 0.25) is 0 Å². The summed E-state index contributed by atoms with van der Waals surface area (Å²) in [7, 11) is 0. The van der Waals surface area contributed by atoms with Gasteiger partial charge in [0, 0.05) is 33.5 Å². The number of aliphatic hydroxyl groups is 2. The Kier molecular flexibility index (Phi) is 6.40. The Morgan fingerprint density at radius 1 is 0.605 bits per heavy atom. The maximum absolute atomic E-state index is 11.9. The van der Waals surface area contributed by atoms with Crippen molar-refractivity contribution in [2.45, 2.75) is 92.3 Å². The van der Waals surface area contributed by atoms with Gasteiger partial charge in [0.1, 0.15) is 11.2 Å². The summed E-state index contributed by atoms with van der Waals surface area (Å²) in [5.74, 6) is 0. The van der Waals surface area contributed by atoms with Crippen LogP contribution >= 0.6 is 0 Å². The van der Waals surface area contributed by atoms with Crippen LogP contribution in [-0.2, 0) is 19.3 Å². The summed E-state index contributed by atoms with van der Waals surface area (Å²) in [6.07, 6.45) is 11.4. The van der Waals surface area contributed by atoms with Gasteiger partial charge in [0.25, 0.3) is 0 Å². The van der Waals surface area contributed by atoms with Crippen LogP contribution in [-0.4, -0.2) is 36.4 Å². The van der Waals surface area contributed by atoms with Crippen molar-refractivity contribution >= 4 is 24.3 Å². The summed E-state index contributed by atoms with van der Waals surface area (Å²) in [4.78, 5) is 11.0. The fraction of sp³-hybridized carbons (Fsp3) is 0.438. The maximum Gasteiger partial charge on any atom is 0.138 e. The Morgan fingerprint density at radius 2 is 1.11 bits per heavy atom. The highest BCUT2D eigenvalue weighted by Crippen LogP contribution is 2.44. The lowest BCUT2D eigenvalue weighted by Gasteiger charge is -2.34. The van der Waals surface area contributed by atoms with Crippen LogP contribution in [0.3, 0.4) is 0 Å². The lowest BCUT2D eigenvalue weighted by atomic mass is 9.81. The van der Waals surface area contributed by atoms with Crippen molar-refractivity contribution in [1.82, 2.24) is 20.3 Å². The summed E-state index contributed by atoms with van der Waals surface area (Å²) < 4.78 is 0. The van der Waals surface area contributed by atoms with E-state index in [-0.39, 0.29) is 0 Å². The van der Waals surface area contributed by atoms with Crippen LogP contribution in [0.25, 0.3) is 24.3 Å². The number of hydrogen-bond donors (Lipinski definition) is 6. The van der Waals surface area contributed by atoms with E-state index in [4.69, 9.17) is 0 Å². The minimum atomic E-state index is -1.49. The fourth-order valence-electron chi connectivity index (χ4n) is 6.51. The van der Waals surface area contributed by atoms with E-state index < -0.39 is 11.2 Å². The zero-order chi connectivity index (χ0) is 27.6. The molecule has 1 fully saturated rings. The van der Waals surface area contributed by atoms with E-state index in [0.29, 0.717) is 17.8 Å².